The molecule has 56 heavy (non-hydrogen) atoms. The number of rotatable bonds is 19. The molecule has 4 aromatic carbocycles. The number of guanidine groups is 2. The first-order valence-corrected chi connectivity index (χ1v) is 19.2. The van der Waals surface area contributed by atoms with Crippen LogP contribution in [0.1, 0.15) is 55.1 Å². The molecule has 0 saturated heterocycles. The Morgan fingerprint density at radius 2 is 1.21 bits per heavy atom. The van der Waals surface area contributed by atoms with E-state index in [1.54, 1.807) is 0 Å². The summed E-state index contributed by atoms with van der Waals surface area (Å²) in [5, 5.41) is 9.87. The Morgan fingerprint density at radius 1 is 0.696 bits per heavy atom. The summed E-state index contributed by atoms with van der Waals surface area (Å²) in [6.45, 7) is 6.22. The number of aliphatic imine (C=N–C) groups is 2. The quantitative estimate of drug-likeness (QED) is 0.0305. The van der Waals surface area contributed by atoms with Gasteiger partial charge in [0.25, 0.3) is 0 Å². The van der Waals surface area contributed by atoms with Crippen molar-refractivity contribution in [3.05, 3.63) is 132 Å². The van der Waals surface area contributed by atoms with Crippen LogP contribution in [0.4, 0.5) is 0 Å². The maximum Gasteiger partial charge on any atom is 0.247 e. The first-order valence-electron chi connectivity index (χ1n) is 19.2. The average Bonchev–Trinajstić information content (AvgIpc) is 4.11. The molecule has 2 fully saturated rings. The van der Waals surface area contributed by atoms with Crippen molar-refractivity contribution < 1.29 is 9.59 Å². The summed E-state index contributed by atoms with van der Waals surface area (Å²) < 4.78 is 0. The van der Waals surface area contributed by atoms with Gasteiger partial charge in [-0.3, -0.25) is 19.6 Å². The molecule has 2 unspecified atom stereocenters. The van der Waals surface area contributed by atoms with Gasteiger partial charge in [-0.1, -0.05) is 116 Å². The largest absolute Gasteiger partial charge is 0.370 e. The van der Waals surface area contributed by atoms with Crippen LogP contribution in [0.2, 0.25) is 0 Å². The van der Waals surface area contributed by atoms with Crippen molar-refractivity contribution in [2.75, 3.05) is 26.2 Å². The molecule has 6 rings (SSSR count). The van der Waals surface area contributed by atoms with Gasteiger partial charge < -0.3 is 44.6 Å². The van der Waals surface area contributed by atoms with E-state index < -0.39 is 23.0 Å². The van der Waals surface area contributed by atoms with E-state index in [1.165, 1.54) is 0 Å². The van der Waals surface area contributed by atoms with Crippen LogP contribution in [0, 0.1) is 0 Å². The van der Waals surface area contributed by atoms with Crippen LogP contribution in [-0.2, 0) is 9.59 Å². The van der Waals surface area contributed by atoms with E-state index in [9.17, 15) is 9.59 Å². The molecule has 2 saturated carbocycles. The Kier molecular flexibility index (Phi) is 12.5. The molecular formula is C44H54N10O2. The first-order chi connectivity index (χ1) is 27.0. The highest BCUT2D eigenvalue weighted by Gasteiger charge is 2.59. The molecule has 5 atom stereocenters. The van der Waals surface area contributed by atoms with Crippen molar-refractivity contribution in [2.24, 2.45) is 38.7 Å². The molecule has 2 amide bonds. The minimum atomic E-state index is -1.17. The zero-order valence-corrected chi connectivity index (χ0v) is 31.8. The van der Waals surface area contributed by atoms with Crippen LogP contribution in [0.3, 0.4) is 0 Å². The second-order valence-corrected chi connectivity index (χ2v) is 15.0. The van der Waals surface area contributed by atoms with Crippen molar-refractivity contribution in [3.63, 3.8) is 0 Å². The van der Waals surface area contributed by atoms with Gasteiger partial charge >= 0.3 is 0 Å². The normalized spacial score (nSPS) is 21.2. The molecule has 12 nitrogen and oxygen atoms in total. The molecule has 0 aromatic heterocycles. The molecule has 2 aliphatic rings. The highest BCUT2D eigenvalue weighted by atomic mass is 16.2. The maximum atomic E-state index is 14.4. The van der Waals surface area contributed by atoms with Gasteiger partial charge in [-0.05, 0) is 77.6 Å². The second kappa shape index (κ2) is 17.7. The number of nitrogens with zero attached hydrogens (tertiary/aromatic N) is 2. The summed E-state index contributed by atoms with van der Waals surface area (Å²) in [7, 11) is 0. The van der Waals surface area contributed by atoms with Gasteiger partial charge in [0.15, 0.2) is 11.9 Å². The summed E-state index contributed by atoms with van der Waals surface area (Å²) >= 11 is 0. The number of amides is 2. The highest BCUT2D eigenvalue weighted by molar-refractivity contribution is 5.97. The van der Waals surface area contributed by atoms with Crippen LogP contribution in [0.5, 0.6) is 0 Å². The summed E-state index contributed by atoms with van der Waals surface area (Å²) in [6, 6.07) is 35.9. The molecule has 13 N–H and O–H groups in total. The van der Waals surface area contributed by atoms with Crippen LogP contribution >= 0.6 is 0 Å². The Labute approximate surface area is 329 Å². The molecule has 0 radical (unpaired) electrons. The number of carbonyl (C=O) groups is 2. The highest BCUT2D eigenvalue weighted by Crippen LogP contribution is 2.52. The lowest BCUT2D eigenvalue weighted by atomic mass is 9.99. The number of hydrogen-bond donors (Lipinski definition) is 8. The molecule has 0 heterocycles. The average molecular weight is 755 g/mol. The molecule has 2 aliphatic carbocycles. The van der Waals surface area contributed by atoms with E-state index in [0.29, 0.717) is 38.0 Å². The van der Waals surface area contributed by atoms with E-state index in [0.717, 1.165) is 46.2 Å². The first kappa shape index (κ1) is 39.7. The van der Waals surface area contributed by atoms with Gasteiger partial charge in [0.2, 0.25) is 11.8 Å². The number of carbonyl (C=O) groups excluding carboxylic acids is 2. The van der Waals surface area contributed by atoms with Crippen molar-refractivity contribution in [1.82, 2.24) is 16.0 Å². The third-order valence-electron chi connectivity index (χ3n) is 10.9. The summed E-state index contributed by atoms with van der Waals surface area (Å²) in [6.07, 6.45) is 3.12. The Balaban J connectivity index is 1.17. The fourth-order valence-electron chi connectivity index (χ4n) is 7.43. The summed E-state index contributed by atoms with van der Waals surface area (Å²) in [5.41, 5.74) is 34.1. The smallest absolute Gasteiger partial charge is 0.247 e. The fourth-order valence-corrected chi connectivity index (χ4v) is 7.43. The van der Waals surface area contributed by atoms with Crippen molar-refractivity contribution >= 4 is 23.7 Å². The zero-order chi connectivity index (χ0) is 39.7. The monoisotopic (exact) mass is 754 g/mol. The van der Waals surface area contributed by atoms with Crippen molar-refractivity contribution in [1.29, 1.82) is 0 Å². The van der Waals surface area contributed by atoms with Gasteiger partial charge in [-0.2, -0.15) is 0 Å². The van der Waals surface area contributed by atoms with E-state index >= 15 is 0 Å². The molecule has 292 valence electrons. The summed E-state index contributed by atoms with van der Waals surface area (Å²) in [4.78, 5) is 36.6. The lowest BCUT2D eigenvalue weighted by molar-refractivity contribution is -0.129. The molecule has 4 aromatic rings. The minimum absolute atomic E-state index is 0.0455. The van der Waals surface area contributed by atoms with Gasteiger partial charge in [-0.25, -0.2) is 0 Å². The van der Waals surface area contributed by atoms with Crippen LogP contribution < -0.4 is 44.6 Å². The fraction of sp³-hybridized carbons (Fsp3) is 0.318. The lowest BCUT2D eigenvalue weighted by Gasteiger charge is -2.27. The minimum Gasteiger partial charge on any atom is -0.370 e. The van der Waals surface area contributed by atoms with Crippen LogP contribution in [0.25, 0.3) is 22.3 Å². The van der Waals surface area contributed by atoms with Gasteiger partial charge in [0, 0.05) is 31.5 Å². The number of hydrogen-bond acceptors (Lipinski definition) is 6. The van der Waals surface area contributed by atoms with E-state index in [1.807, 2.05) is 60.7 Å². The maximum absolute atomic E-state index is 14.4. The Bertz CT molecular complexity index is 2030. The Hall–Kier alpha value is -5.98. The zero-order valence-electron chi connectivity index (χ0n) is 31.8. The van der Waals surface area contributed by atoms with Crippen molar-refractivity contribution in [2.45, 2.75) is 61.1 Å². The van der Waals surface area contributed by atoms with E-state index in [-0.39, 0.29) is 42.6 Å². The predicted molar refractivity (Wildman–Crippen MR) is 225 cm³/mol. The lowest BCUT2D eigenvalue weighted by Crippen LogP contribution is -2.57. The number of nitrogens with two attached hydrogens (primary N) is 5. The molecule has 0 aliphatic heterocycles. The molecular weight excluding hydrogens is 701 g/mol. The molecule has 0 spiro atoms. The molecule has 0 bridgehead atoms. The number of unbranched alkanes of at least 4 members (excludes halogenated alkanes) is 1. The molecule has 12 heteroatoms. The van der Waals surface area contributed by atoms with Gasteiger partial charge in [0.1, 0.15) is 11.6 Å². The van der Waals surface area contributed by atoms with E-state index in [2.05, 4.69) is 81.0 Å². The summed E-state index contributed by atoms with van der Waals surface area (Å²) in [5.74, 6) is -0.904. The standard InChI is InChI=1S/C44H54N10O2/c1-29(22-25-52-42(47)48)38(53-40(56)44(49)27-37(44)35-20-16-33(17-21-35)31-12-6-3-7-13-31)39(55)54-43(28-50-23-8-9-24-51-41(45)46)26-36(43)34-18-14-32(15-19-34)30-10-4-2-5-11-30/h2-7,10-21,36-38,50H,1,8-9,22-28,49H2,(H,53,56)(H,54,55)(H4,45,46,51)(H4,47,48,52)/t36-,37-,38-,43?,44?/m0/s1. The second-order valence-electron chi connectivity index (χ2n) is 15.0. The Morgan fingerprint density at radius 3 is 1.77 bits per heavy atom. The SMILES string of the molecule is C=C(CCN=C(N)N)[C@H](NC(=O)C1(N)C[C@H]1c1ccc(-c2ccccc2)cc1)C(=O)NC1(CNCCCCN=C(N)N)C[C@H]1c1ccc(-c2ccccc2)cc1. The van der Waals surface area contributed by atoms with Crippen LogP contribution in [0.15, 0.2) is 131 Å². The van der Waals surface area contributed by atoms with Gasteiger partial charge in [0.05, 0.1) is 5.54 Å². The van der Waals surface area contributed by atoms with Crippen molar-refractivity contribution in [3.8, 4) is 22.3 Å². The number of nitrogens with one attached hydrogen (secondary N) is 3. The van der Waals surface area contributed by atoms with Crippen LogP contribution in [-0.4, -0.2) is 67.0 Å². The van der Waals surface area contributed by atoms with Gasteiger partial charge in [-0.15, -0.1) is 0 Å². The topological polar surface area (TPSA) is 225 Å². The van der Waals surface area contributed by atoms with E-state index in [4.69, 9.17) is 28.7 Å². The third-order valence-corrected chi connectivity index (χ3v) is 10.9. The predicted octanol–water partition coefficient (Wildman–Crippen LogP) is 3.60. The number of benzene rings is 4. The third kappa shape index (κ3) is 9.81.